The summed E-state index contributed by atoms with van der Waals surface area (Å²) in [5.41, 5.74) is -0.556. The fraction of sp³-hybridized carbons (Fsp3) is 0.667. The maximum absolute atomic E-state index is 13.6. The van der Waals surface area contributed by atoms with Crippen LogP contribution in [0.15, 0.2) is 23.0 Å². The second kappa shape index (κ2) is 7.19. The zero-order valence-electron chi connectivity index (χ0n) is 15.2. The second-order valence-electron chi connectivity index (χ2n) is 7.43. The van der Waals surface area contributed by atoms with Crippen molar-refractivity contribution in [3.8, 4) is 0 Å². The van der Waals surface area contributed by atoms with E-state index in [2.05, 4.69) is 20.6 Å². The van der Waals surface area contributed by atoms with E-state index in [0.717, 1.165) is 64.1 Å². The quantitative estimate of drug-likeness (QED) is 0.881. The average molecular weight is 358 g/mol. The van der Waals surface area contributed by atoms with E-state index in [1.165, 1.54) is 0 Å². The van der Waals surface area contributed by atoms with Crippen molar-refractivity contribution in [2.24, 2.45) is 5.92 Å². The number of rotatable bonds is 4. The molecule has 2 fully saturated rings. The van der Waals surface area contributed by atoms with Gasteiger partial charge < -0.3 is 14.7 Å². The minimum absolute atomic E-state index is 0.205. The third-order valence-electron chi connectivity index (χ3n) is 5.62. The average Bonchev–Trinajstić information content (AvgIpc) is 3.34. The molecule has 0 radical (unpaired) electrons. The first kappa shape index (κ1) is 17.2. The molecule has 1 unspecified atom stereocenters. The number of carbonyl (C=O) groups excluding carboxylic acids is 1. The van der Waals surface area contributed by atoms with Gasteiger partial charge in [0.2, 0.25) is 5.89 Å². The normalized spacial score (nSPS) is 23.1. The molecule has 1 N–H and O–H groups in total. The predicted molar refractivity (Wildman–Crippen MR) is 94.3 cm³/mol. The first-order valence-electron chi connectivity index (χ1n) is 9.47. The fourth-order valence-electron chi connectivity index (χ4n) is 4.30. The molecule has 4 rings (SSSR count). The zero-order chi connectivity index (χ0) is 18.0. The lowest BCUT2D eigenvalue weighted by Crippen LogP contribution is -2.57. The van der Waals surface area contributed by atoms with Gasteiger partial charge >= 0.3 is 0 Å². The van der Waals surface area contributed by atoms with Crippen molar-refractivity contribution in [2.75, 3.05) is 26.2 Å². The molecule has 140 valence electrons. The van der Waals surface area contributed by atoms with Gasteiger partial charge in [0, 0.05) is 38.8 Å². The Kier molecular flexibility index (Phi) is 4.76. The molecule has 8 heteroatoms. The summed E-state index contributed by atoms with van der Waals surface area (Å²) < 4.78 is 6.96. The van der Waals surface area contributed by atoms with E-state index < -0.39 is 5.54 Å². The van der Waals surface area contributed by atoms with Crippen LogP contribution in [0.25, 0.3) is 0 Å². The van der Waals surface area contributed by atoms with Crippen LogP contribution < -0.4 is 5.32 Å². The van der Waals surface area contributed by atoms with Crippen molar-refractivity contribution in [1.29, 1.82) is 0 Å². The molecule has 1 atom stereocenters. The molecule has 8 nitrogen and oxygen atoms in total. The molecule has 4 heterocycles. The van der Waals surface area contributed by atoms with Gasteiger partial charge in [0.15, 0.2) is 5.82 Å². The van der Waals surface area contributed by atoms with Gasteiger partial charge in [-0.1, -0.05) is 5.16 Å². The molecular formula is C18H26N6O2. The Morgan fingerprint density at radius 3 is 2.96 bits per heavy atom. The second-order valence-corrected chi connectivity index (χ2v) is 7.43. The third kappa shape index (κ3) is 3.25. The van der Waals surface area contributed by atoms with Crippen LogP contribution in [0.2, 0.25) is 0 Å². The molecule has 1 amide bonds. The van der Waals surface area contributed by atoms with E-state index in [4.69, 9.17) is 4.52 Å². The highest BCUT2D eigenvalue weighted by Gasteiger charge is 2.45. The van der Waals surface area contributed by atoms with Gasteiger partial charge in [-0.3, -0.25) is 9.48 Å². The Hall–Kier alpha value is -2.22. The van der Waals surface area contributed by atoms with Gasteiger partial charge in [-0.25, -0.2) is 0 Å². The Morgan fingerprint density at radius 2 is 2.27 bits per heavy atom. The number of amides is 1. The standard InChI is InChI=1S/C18H26N6O2/c1-14-21-16(22-26-14)12-15-4-2-10-23(13-15)17(25)18(5-8-19-9-6-18)24-11-3-7-20-24/h3,7,11,15,19H,2,4-6,8-10,12-13H2,1H3. The van der Waals surface area contributed by atoms with Gasteiger partial charge in [-0.15, -0.1) is 0 Å². The molecule has 0 aliphatic carbocycles. The highest BCUT2D eigenvalue weighted by Crippen LogP contribution is 2.31. The molecule has 2 aromatic heterocycles. The zero-order valence-corrected chi connectivity index (χ0v) is 15.2. The number of hydrogen-bond acceptors (Lipinski definition) is 6. The number of piperidine rings is 2. The van der Waals surface area contributed by atoms with Crippen LogP contribution in [0, 0.1) is 12.8 Å². The number of nitrogens with one attached hydrogen (secondary N) is 1. The first-order valence-corrected chi connectivity index (χ1v) is 9.47. The van der Waals surface area contributed by atoms with E-state index in [-0.39, 0.29) is 5.91 Å². The lowest BCUT2D eigenvalue weighted by atomic mass is 9.85. The van der Waals surface area contributed by atoms with Crippen molar-refractivity contribution in [2.45, 2.75) is 44.6 Å². The molecule has 0 bridgehead atoms. The Morgan fingerprint density at radius 1 is 1.42 bits per heavy atom. The van der Waals surface area contributed by atoms with Crippen LogP contribution in [0.1, 0.15) is 37.4 Å². The van der Waals surface area contributed by atoms with Crippen molar-refractivity contribution < 1.29 is 9.32 Å². The molecule has 0 saturated carbocycles. The lowest BCUT2D eigenvalue weighted by Gasteiger charge is -2.42. The van der Waals surface area contributed by atoms with E-state index >= 15 is 0 Å². The van der Waals surface area contributed by atoms with Crippen LogP contribution in [0.4, 0.5) is 0 Å². The SMILES string of the molecule is Cc1nc(CC2CCCN(C(=O)C3(n4cccn4)CCNCC3)C2)no1. The fourth-order valence-corrected chi connectivity index (χ4v) is 4.30. The summed E-state index contributed by atoms with van der Waals surface area (Å²) in [6, 6.07) is 1.90. The Labute approximate surface area is 152 Å². The van der Waals surface area contributed by atoms with Crippen molar-refractivity contribution in [1.82, 2.24) is 30.1 Å². The highest BCUT2D eigenvalue weighted by molar-refractivity contribution is 5.84. The van der Waals surface area contributed by atoms with Crippen LogP contribution in [0.5, 0.6) is 0 Å². The van der Waals surface area contributed by atoms with Crippen LogP contribution in [-0.4, -0.2) is 56.9 Å². The minimum Gasteiger partial charge on any atom is -0.340 e. The highest BCUT2D eigenvalue weighted by atomic mass is 16.5. The van der Waals surface area contributed by atoms with E-state index in [9.17, 15) is 4.79 Å². The summed E-state index contributed by atoms with van der Waals surface area (Å²) in [6.07, 6.45) is 8.10. The van der Waals surface area contributed by atoms with Crippen LogP contribution in [0.3, 0.4) is 0 Å². The Bertz CT molecular complexity index is 735. The Balaban J connectivity index is 1.50. The maximum Gasteiger partial charge on any atom is 0.250 e. The monoisotopic (exact) mass is 358 g/mol. The van der Waals surface area contributed by atoms with Gasteiger partial charge in [0.25, 0.3) is 5.91 Å². The summed E-state index contributed by atoms with van der Waals surface area (Å²) in [5, 5.41) is 11.8. The number of hydrogen-bond donors (Lipinski definition) is 1. The third-order valence-corrected chi connectivity index (χ3v) is 5.62. The first-order chi connectivity index (χ1) is 12.7. The van der Waals surface area contributed by atoms with Crippen molar-refractivity contribution in [3.05, 3.63) is 30.2 Å². The molecule has 2 saturated heterocycles. The molecule has 2 aromatic rings. The molecule has 2 aliphatic rings. The smallest absolute Gasteiger partial charge is 0.250 e. The van der Waals surface area contributed by atoms with Crippen LogP contribution >= 0.6 is 0 Å². The number of aromatic nitrogens is 4. The molecule has 0 aromatic carbocycles. The van der Waals surface area contributed by atoms with E-state index in [0.29, 0.717) is 11.8 Å². The maximum atomic E-state index is 13.6. The summed E-state index contributed by atoms with van der Waals surface area (Å²) >= 11 is 0. The summed E-state index contributed by atoms with van der Waals surface area (Å²) in [6.45, 7) is 5.05. The predicted octanol–water partition coefficient (Wildman–Crippen LogP) is 1.13. The van der Waals surface area contributed by atoms with Crippen molar-refractivity contribution in [3.63, 3.8) is 0 Å². The number of carbonyl (C=O) groups is 1. The number of aryl methyl sites for hydroxylation is 1. The van der Waals surface area contributed by atoms with Gasteiger partial charge in [0.1, 0.15) is 5.54 Å². The van der Waals surface area contributed by atoms with Gasteiger partial charge in [-0.05, 0) is 50.8 Å². The van der Waals surface area contributed by atoms with Crippen LogP contribution in [-0.2, 0) is 16.8 Å². The largest absolute Gasteiger partial charge is 0.340 e. The molecule has 0 spiro atoms. The lowest BCUT2D eigenvalue weighted by molar-refractivity contribution is -0.145. The minimum atomic E-state index is -0.556. The summed E-state index contributed by atoms with van der Waals surface area (Å²) in [7, 11) is 0. The summed E-state index contributed by atoms with van der Waals surface area (Å²) in [4.78, 5) is 19.9. The van der Waals surface area contributed by atoms with Crippen molar-refractivity contribution >= 4 is 5.91 Å². The number of nitrogens with zero attached hydrogens (tertiary/aromatic N) is 5. The molecular weight excluding hydrogens is 332 g/mol. The van der Waals surface area contributed by atoms with E-state index in [1.54, 1.807) is 13.1 Å². The topological polar surface area (TPSA) is 89.1 Å². The summed E-state index contributed by atoms with van der Waals surface area (Å²) in [5.74, 6) is 1.92. The van der Waals surface area contributed by atoms with Gasteiger partial charge in [0.05, 0.1) is 0 Å². The molecule has 2 aliphatic heterocycles. The number of likely N-dealkylation sites (tertiary alicyclic amines) is 1. The molecule has 26 heavy (non-hydrogen) atoms. The van der Waals surface area contributed by atoms with E-state index in [1.807, 2.05) is 21.8 Å². The van der Waals surface area contributed by atoms with Gasteiger partial charge in [-0.2, -0.15) is 10.1 Å².